The van der Waals surface area contributed by atoms with Gasteiger partial charge in [0, 0.05) is 11.1 Å². The molecular weight excluding hydrogens is 261 g/mol. The van der Waals surface area contributed by atoms with Crippen LogP contribution >= 0.6 is 0 Å². The van der Waals surface area contributed by atoms with Crippen LogP contribution in [0.15, 0.2) is 36.0 Å². The second kappa shape index (κ2) is 5.80. The van der Waals surface area contributed by atoms with E-state index < -0.39 is 5.97 Å². The van der Waals surface area contributed by atoms with Crippen LogP contribution in [-0.4, -0.2) is 23.3 Å². The van der Waals surface area contributed by atoms with Gasteiger partial charge in [0.25, 0.3) is 0 Å². The second-order valence-corrected chi connectivity index (χ2v) is 3.87. The minimum Gasteiger partial charge on any atom is -0.465 e. The maximum Gasteiger partial charge on any atom is 0.348 e. The zero-order chi connectivity index (χ0) is 14.5. The Bertz CT molecular complexity index is 696. The maximum absolute atomic E-state index is 12.9. The van der Waals surface area contributed by atoms with Gasteiger partial charge in [0.15, 0.2) is 0 Å². The van der Waals surface area contributed by atoms with Gasteiger partial charge in [-0.2, -0.15) is 10.4 Å². The molecule has 0 saturated heterocycles. The molecule has 2 aromatic rings. The molecule has 0 aliphatic heterocycles. The van der Waals surface area contributed by atoms with Crippen molar-refractivity contribution >= 4 is 12.0 Å². The Labute approximate surface area is 114 Å². The first-order chi connectivity index (χ1) is 9.65. The molecule has 0 unspecified atom stereocenters. The molecule has 0 saturated carbocycles. The smallest absolute Gasteiger partial charge is 0.348 e. The van der Waals surface area contributed by atoms with E-state index in [1.54, 1.807) is 18.2 Å². The number of halogens is 1. The minimum absolute atomic E-state index is 0.141. The van der Waals surface area contributed by atoms with Crippen LogP contribution in [0.1, 0.15) is 5.56 Å². The normalized spacial score (nSPS) is 10.9. The molecule has 0 fully saturated rings. The number of aromatic amines is 1. The Morgan fingerprint density at radius 2 is 2.15 bits per heavy atom. The number of methoxy groups -OCH3 is 1. The average Bonchev–Trinajstić information content (AvgIpc) is 2.93. The molecule has 100 valence electrons. The number of carbonyl (C=O) groups is 1. The van der Waals surface area contributed by atoms with Crippen molar-refractivity contribution in [2.75, 3.05) is 7.11 Å². The van der Waals surface area contributed by atoms with Crippen molar-refractivity contribution in [2.24, 2.45) is 0 Å². The molecule has 5 nitrogen and oxygen atoms in total. The van der Waals surface area contributed by atoms with E-state index in [2.05, 4.69) is 14.9 Å². The van der Waals surface area contributed by atoms with E-state index in [4.69, 9.17) is 5.26 Å². The zero-order valence-corrected chi connectivity index (χ0v) is 10.6. The fourth-order valence-electron chi connectivity index (χ4n) is 1.65. The monoisotopic (exact) mass is 271 g/mol. The van der Waals surface area contributed by atoms with Crippen molar-refractivity contribution in [1.29, 1.82) is 5.26 Å². The second-order valence-electron chi connectivity index (χ2n) is 3.87. The number of nitrogens with zero attached hydrogens (tertiary/aromatic N) is 2. The number of benzene rings is 1. The highest BCUT2D eigenvalue weighted by Crippen LogP contribution is 2.23. The number of hydrogen-bond donors (Lipinski definition) is 1. The van der Waals surface area contributed by atoms with Crippen LogP contribution in [0.5, 0.6) is 0 Å². The van der Waals surface area contributed by atoms with Crippen LogP contribution in [-0.2, 0) is 9.53 Å². The summed E-state index contributed by atoms with van der Waals surface area (Å²) in [4.78, 5) is 11.4. The maximum atomic E-state index is 12.9. The van der Waals surface area contributed by atoms with E-state index in [0.29, 0.717) is 16.8 Å². The Morgan fingerprint density at radius 1 is 1.45 bits per heavy atom. The number of nitrogens with one attached hydrogen (secondary N) is 1. The van der Waals surface area contributed by atoms with Crippen LogP contribution in [0.25, 0.3) is 17.3 Å². The molecule has 0 aliphatic carbocycles. The summed E-state index contributed by atoms with van der Waals surface area (Å²) in [5.41, 5.74) is 1.68. The molecule has 1 heterocycles. The van der Waals surface area contributed by atoms with Crippen LogP contribution in [0, 0.1) is 17.1 Å². The predicted molar refractivity (Wildman–Crippen MR) is 69.6 cm³/mol. The molecule has 0 aliphatic rings. The van der Waals surface area contributed by atoms with Crippen molar-refractivity contribution in [3.05, 3.63) is 47.4 Å². The third kappa shape index (κ3) is 2.72. The average molecular weight is 271 g/mol. The molecule has 2 rings (SSSR count). The third-order valence-electron chi connectivity index (χ3n) is 2.63. The lowest BCUT2D eigenvalue weighted by Crippen LogP contribution is -2.02. The Hall–Kier alpha value is -2.94. The summed E-state index contributed by atoms with van der Waals surface area (Å²) in [5.74, 6) is -1.07. The van der Waals surface area contributed by atoms with E-state index in [1.807, 2.05) is 0 Å². The van der Waals surface area contributed by atoms with E-state index in [1.165, 1.54) is 31.5 Å². The third-order valence-corrected chi connectivity index (χ3v) is 2.63. The number of aromatic nitrogens is 2. The SMILES string of the molecule is COC(=O)C(C#N)=Cc1cn[nH]c1-c1ccc(F)cc1. The van der Waals surface area contributed by atoms with Crippen molar-refractivity contribution in [2.45, 2.75) is 0 Å². The van der Waals surface area contributed by atoms with Gasteiger partial charge in [-0.05, 0) is 30.3 Å². The van der Waals surface area contributed by atoms with Gasteiger partial charge in [-0.3, -0.25) is 5.10 Å². The molecule has 0 radical (unpaired) electrons. The zero-order valence-electron chi connectivity index (χ0n) is 10.6. The first-order valence-corrected chi connectivity index (χ1v) is 5.65. The minimum atomic E-state index is -0.723. The van der Waals surface area contributed by atoms with Gasteiger partial charge in [0.05, 0.1) is 19.0 Å². The van der Waals surface area contributed by atoms with Crippen molar-refractivity contribution in [3.63, 3.8) is 0 Å². The molecule has 0 atom stereocenters. The summed E-state index contributed by atoms with van der Waals surface area (Å²) in [6.45, 7) is 0. The summed E-state index contributed by atoms with van der Waals surface area (Å²) in [6, 6.07) is 7.54. The fourth-order valence-corrected chi connectivity index (χ4v) is 1.65. The number of carbonyl (C=O) groups excluding carboxylic acids is 1. The lowest BCUT2D eigenvalue weighted by atomic mass is 10.1. The molecule has 1 aromatic carbocycles. The summed E-state index contributed by atoms with van der Waals surface area (Å²) >= 11 is 0. The van der Waals surface area contributed by atoms with Gasteiger partial charge >= 0.3 is 5.97 Å². The predicted octanol–water partition coefficient (Wildman–Crippen LogP) is 2.30. The largest absolute Gasteiger partial charge is 0.465 e. The highest BCUT2D eigenvalue weighted by Gasteiger charge is 2.12. The molecule has 20 heavy (non-hydrogen) atoms. The van der Waals surface area contributed by atoms with E-state index >= 15 is 0 Å². The molecule has 0 spiro atoms. The molecule has 6 heteroatoms. The number of H-pyrrole nitrogens is 1. The van der Waals surface area contributed by atoms with Gasteiger partial charge in [-0.1, -0.05) is 0 Å². The number of hydrogen-bond acceptors (Lipinski definition) is 4. The highest BCUT2D eigenvalue weighted by atomic mass is 19.1. The Morgan fingerprint density at radius 3 is 2.75 bits per heavy atom. The van der Waals surface area contributed by atoms with E-state index in [-0.39, 0.29) is 11.4 Å². The molecule has 0 bridgehead atoms. The van der Waals surface area contributed by atoms with E-state index in [0.717, 1.165) is 0 Å². The van der Waals surface area contributed by atoms with Crippen LogP contribution in [0.2, 0.25) is 0 Å². The van der Waals surface area contributed by atoms with Gasteiger partial charge in [-0.15, -0.1) is 0 Å². The molecular formula is C14H10FN3O2. The standard InChI is InChI=1S/C14H10FN3O2/c1-20-14(19)10(7-16)6-11-8-17-18-13(11)9-2-4-12(15)5-3-9/h2-6,8H,1H3,(H,17,18). The van der Waals surface area contributed by atoms with E-state index in [9.17, 15) is 9.18 Å². The summed E-state index contributed by atoms with van der Waals surface area (Å²) in [7, 11) is 1.20. The first kappa shape index (κ1) is 13.5. The summed E-state index contributed by atoms with van der Waals surface area (Å²) < 4.78 is 17.4. The highest BCUT2D eigenvalue weighted by molar-refractivity contribution is 5.98. The summed E-state index contributed by atoms with van der Waals surface area (Å²) in [6.07, 6.45) is 2.84. The number of nitriles is 1. The first-order valence-electron chi connectivity index (χ1n) is 5.65. The topological polar surface area (TPSA) is 78.8 Å². The molecule has 0 amide bonds. The Balaban J connectivity index is 2.43. The lowest BCUT2D eigenvalue weighted by molar-refractivity contribution is -0.135. The van der Waals surface area contributed by atoms with Crippen molar-refractivity contribution in [3.8, 4) is 17.3 Å². The number of rotatable bonds is 3. The number of esters is 1. The van der Waals surface area contributed by atoms with Crippen molar-refractivity contribution < 1.29 is 13.9 Å². The van der Waals surface area contributed by atoms with Gasteiger partial charge in [0.1, 0.15) is 17.5 Å². The van der Waals surface area contributed by atoms with Gasteiger partial charge in [0.2, 0.25) is 0 Å². The molecule has 1 aromatic heterocycles. The molecule has 1 N–H and O–H groups in total. The van der Waals surface area contributed by atoms with Crippen LogP contribution in [0.4, 0.5) is 4.39 Å². The number of ether oxygens (including phenoxy) is 1. The van der Waals surface area contributed by atoms with Crippen molar-refractivity contribution in [1.82, 2.24) is 10.2 Å². The van der Waals surface area contributed by atoms with Gasteiger partial charge < -0.3 is 4.74 Å². The fraction of sp³-hybridized carbons (Fsp3) is 0.0714. The lowest BCUT2D eigenvalue weighted by Gasteiger charge is -2.00. The quantitative estimate of drug-likeness (QED) is 0.527. The van der Waals surface area contributed by atoms with Crippen LogP contribution in [0.3, 0.4) is 0 Å². The Kier molecular flexibility index (Phi) is 3.91. The summed E-state index contributed by atoms with van der Waals surface area (Å²) in [5, 5.41) is 15.5. The van der Waals surface area contributed by atoms with Crippen LogP contribution < -0.4 is 0 Å². The van der Waals surface area contributed by atoms with Gasteiger partial charge in [-0.25, -0.2) is 9.18 Å².